The second-order valence-corrected chi connectivity index (χ2v) is 4.06. The molecular formula is C14H12Cl2O2. The molecule has 94 valence electrons. The van der Waals surface area contributed by atoms with Crippen LogP contribution in [0.15, 0.2) is 54.6 Å². The first kappa shape index (κ1) is 14.6. The van der Waals surface area contributed by atoms with Crippen LogP contribution >= 0.6 is 23.2 Å². The first-order valence-corrected chi connectivity index (χ1v) is 6.14. The topological polar surface area (TPSA) is 37.3 Å². The molecule has 0 amide bonds. The number of rotatable bonds is 2. The summed E-state index contributed by atoms with van der Waals surface area (Å²) in [7, 11) is 0. The van der Waals surface area contributed by atoms with Gasteiger partial charge in [-0.2, -0.15) is 0 Å². The Kier molecular flexibility index (Phi) is 6.26. The maximum Gasteiger partial charge on any atom is 0.236 e. The van der Waals surface area contributed by atoms with E-state index in [1.165, 1.54) is 0 Å². The van der Waals surface area contributed by atoms with E-state index in [1.807, 2.05) is 48.5 Å². The van der Waals surface area contributed by atoms with Crippen molar-refractivity contribution in [1.82, 2.24) is 0 Å². The maximum absolute atomic E-state index is 9.56. The summed E-state index contributed by atoms with van der Waals surface area (Å²) < 4.78 is 0. The smallest absolute Gasteiger partial charge is 0.236 e. The van der Waals surface area contributed by atoms with Gasteiger partial charge in [0.2, 0.25) is 5.24 Å². The highest BCUT2D eigenvalue weighted by molar-refractivity contribution is 6.67. The number of alkyl halides is 1. The van der Waals surface area contributed by atoms with Gasteiger partial charge in [0.25, 0.3) is 0 Å². The third-order valence-corrected chi connectivity index (χ3v) is 2.61. The van der Waals surface area contributed by atoms with Gasteiger partial charge in [0.15, 0.2) is 0 Å². The number of hydrogen-bond donors (Lipinski definition) is 1. The third-order valence-electron chi connectivity index (χ3n) is 2.09. The van der Waals surface area contributed by atoms with Crippen molar-refractivity contribution in [1.29, 1.82) is 0 Å². The van der Waals surface area contributed by atoms with Gasteiger partial charge in [-0.15, -0.1) is 11.6 Å². The molecule has 0 unspecified atom stereocenters. The van der Waals surface area contributed by atoms with Crippen molar-refractivity contribution in [3.05, 3.63) is 54.6 Å². The molecule has 0 saturated carbocycles. The average molecular weight is 283 g/mol. The normalized spacial score (nSPS) is 9.22. The Hall–Kier alpha value is -1.51. The fourth-order valence-corrected chi connectivity index (χ4v) is 1.34. The quantitative estimate of drug-likeness (QED) is 0.667. The lowest BCUT2D eigenvalue weighted by Gasteiger charge is -2.02. The Labute approximate surface area is 116 Å². The van der Waals surface area contributed by atoms with Crippen LogP contribution in [0.5, 0.6) is 5.75 Å². The molecule has 0 aliphatic rings. The monoisotopic (exact) mass is 282 g/mol. The molecule has 0 aliphatic heterocycles. The van der Waals surface area contributed by atoms with Gasteiger partial charge in [-0.1, -0.05) is 48.5 Å². The van der Waals surface area contributed by atoms with Crippen LogP contribution < -0.4 is 0 Å². The van der Waals surface area contributed by atoms with Crippen molar-refractivity contribution in [2.24, 2.45) is 0 Å². The van der Waals surface area contributed by atoms with Gasteiger partial charge in [-0.3, -0.25) is 4.79 Å². The van der Waals surface area contributed by atoms with Crippen LogP contribution in [-0.4, -0.2) is 16.2 Å². The van der Waals surface area contributed by atoms with Crippen LogP contribution in [0, 0.1) is 0 Å². The molecule has 2 rings (SSSR count). The van der Waals surface area contributed by atoms with Crippen LogP contribution in [0.2, 0.25) is 0 Å². The second-order valence-electron chi connectivity index (χ2n) is 3.37. The SMILES string of the molecule is O=C(Cl)CCl.Oc1ccccc1-c1ccccc1. The Morgan fingerprint density at radius 3 is 2.00 bits per heavy atom. The summed E-state index contributed by atoms with van der Waals surface area (Å²) in [6.45, 7) is 0. The lowest BCUT2D eigenvalue weighted by molar-refractivity contribution is -0.109. The minimum Gasteiger partial charge on any atom is -0.507 e. The summed E-state index contributed by atoms with van der Waals surface area (Å²) in [5.41, 5.74) is 1.92. The van der Waals surface area contributed by atoms with Crippen molar-refractivity contribution in [2.75, 3.05) is 5.88 Å². The number of phenolic OH excluding ortho intramolecular Hbond substituents is 1. The highest BCUT2D eigenvalue weighted by atomic mass is 35.5. The molecule has 0 spiro atoms. The van der Waals surface area contributed by atoms with Crippen molar-refractivity contribution < 1.29 is 9.90 Å². The first-order valence-electron chi connectivity index (χ1n) is 5.23. The van der Waals surface area contributed by atoms with E-state index in [0.29, 0.717) is 5.75 Å². The number of carbonyl (C=O) groups is 1. The fourth-order valence-electron chi connectivity index (χ4n) is 1.34. The highest BCUT2D eigenvalue weighted by Crippen LogP contribution is 2.27. The number of hydrogen-bond acceptors (Lipinski definition) is 2. The van der Waals surface area contributed by atoms with Gasteiger partial charge in [0.1, 0.15) is 5.75 Å². The summed E-state index contributed by atoms with van der Waals surface area (Å²) in [5.74, 6) is 0.232. The summed E-state index contributed by atoms with van der Waals surface area (Å²) in [6.07, 6.45) is 0. The Morgan fingerprint density at radius 2 is 1.50 bits per heavy atom. The van der Waals surface area contributed by atoms with Gasteiger partial charge < -0.3 is 5.11 Å². The zero-order chi connectivity index (χ0) is 13.4. The van der Waals surface area contributed by atoms with Crippen molar-refractivity contribution in [2.45, 2.75) is 0 Å². The molecule has 2 aromatic rings. The molecule has 0 aliphatic carbocycles. The molecule has 0 heterocycles. The van der Waals surface area contributed by atoms with E-state index in [9.17, 15) is 9.90 Å². The minimum atomic E-state index is -0.508. The first-order chi connectivity index (χ1) is 8.65. The van der Waals surface area contributed by atoms with Crippen molar-refractivity contribution >= 4 is 28.4 Å². The molecule has 0 radical (unpaired) electrons. The summed E-state index contributed by atoms with van der Waals surface area (Å²) >= 11 is 9.55. The molecule has 4 heteroatoms. The van der Waals surface area contributed by atoms with E-state index in [1.54, 1.807) is 6.07 Å². The van der Waals surface area contributed by atoms with E-state index in [4.69, 9.17) is 23.2 Å². The maximum atomic E-state index is 9.56. The molecule has 0 atom stereocenters. The second kappa shape index (κ2) is 7.75. The molecular weight excluding hydrogens is 271 g/mol. The number of benzene rings is 2. The number of phenols is 1. The Morgan fingerprint density at radius 1 is 1.00 bits per heavy atom. The van der Waals surface area contributed by atoms with Gasteiger partial charge in [0.05, 0.1) is 5.88 Å². The summed E-state index contributed by atoms with van der Waals surface area (Å²) in [5, 5.41) is 9.06. The predicted octanol–water partition coefficient (Wildman–Crippen LogP) is 4.05. The van der Waals surface area contributed by atoms with Crippen LogP contribution in [0.4, 0.5) is 0 Å². The predicted molar refractivity (Wildman–Crippen MR) is 75.1 cm³/mol. The van der Waals surface area contributed by atoms with Crippen LogP contribution in [0.25, 0.3) is 11.1 Å². The van der Waals surface area contributed by atoms with E-state index >= 15 is 0 Å². The van der Waals surface area contributed by atoms with Crippen LogP contribution in [-0.2, 0) is 4.79 Å². The van der Waals surface area contributed by atoms with E-state index in [2.05, 4.69) is 0 Å². The number of carbonyl (C=O) groups excluding carboxylic acids is 1. The Balaban J connectivity index is 0.000000280. The largest absolute Gasteiger partial charge is 0.507 e. The van der Waals surface area contributed by atoms with Crippen LogP contribution in [0.1, 0.15) is 0 Å². The number of aromatic hydroxyl groups is 1. The third kappa shape index (κ3) is 4.78. The summed E-state index contributed by atoms with van der Waals surface area (Å²) in [4.78, 5) is 9.45. The molecule has 0 aromatic heterocycles. The average Bonchev–Trinajstić information content (AvgIpc) is 2.41. The van der Waals surface area contributed by atoms with Gasteiger partial charge in [-0.05, 0) is 23.2 Å². The van der Waals surface area contributed by atoms with E-state index in [0.717, 1.165) is 11.1 Å². The molecule has 1 N–H and O–H groups in total. The van der Waals surface area contributed by atoms with Crippen molar-refractivity contribution in [3.8, 4) is 16.9 Å². The van der Waals surface area contributed by atoms with E-state index in [-0.39, 0.29) is 5.88 Å². The van der Waals surface area contributed by atoms with Crippen molar-refractivity contribution in [3.63, 3.8) is 0 Å². The number of halogens is 2. The lowest BCUT2D eigenvalue weighted by Crippen LogP contribution is -1.81. The molecule has 18 heavy (non-hydrogen) atoms. The summed E-state index contributed by atoms with van der Waals surface area (Å²) in [6, 6.07) is 17.2. The standard InChI is InChI=1S/C12H10O.C2H2Cl2O/c13-12-9-5-4-8-11(12)10-6-2-1-3-7-10;3-1-2(4)5/h1-9,13H;1H2. The minimum absolute atomic E-state index is 0.0957. The number of para-hydroxylation sites is 1. The highest BCUT2D eigenvalue weighted by Gasteiger charge is 2.00. The zero-order valence-electron chi connectivity index (χ0n) is 9.51. The molecule has 0 fully saturated rings. The molecule has 2 nitrogen and oxygen atoms in total. The Bertz CT molecular complexity index is 498. The van der Waals surface area contributed by atoms with Gasteiger partial charge in [-0.25, -0.2) is 0 Å². The zero-order valence-corrected chi connectivity index (χ0v) is 11.0. The lowest BCUT2D eigenvalue weighted by atomic mass is 10.1. The molecule has 0 bridgehead atoms. The van der Waals surface area contributed by atoms with Gasteiger partial charge >= 0.3 is 0 Å². The molecule has 2 aromatic carbocycles. The van der Waals surface area contributed by atoms with E-state index < -0.39 is 5.24 Å². The fraction of sp³-hybridized carbons (Fsp3) is 0.0714. The van der Waals surface area contributed by atoms with Crippen LogP contribution in [0.3, 0.4) is 0 Å². The molecule has 0 saturated heterocycles. The van der Waals surface area contributed by atoms with Gasteiger partial charge in [0, 0.05) is 5.56 Å².